The van der Waals surface area contributed by atoms with Crippen molar-refractivity contribution in [3.8, 4) is 5.75 Å². The minimum Gasteiger partial charge on any atom is -0.487 e. The molecule has 4 rings (SSSR count). The third-order valence-electron chi connectivity index (χ3n) is 5.53. The monoisotopic (exact) mass is 440 g/mol. The molecule has 0 radical (unpaired) electrons. The Morgan fingerprint density at radius 2 is 2.00 bits per heavy atom. The highest BCUT2D eigenvalue weighted by Gasteiger charge is 2.37. The van der Waals surface area contributed by atoms with Gasteiger partial charge in [-0.2, -0.15) is 0 Å². The van der Waals surface area contributed by atoms with Gasteiger partial charge in [0, 0.05) is 24.2 Å². The Kier molecular flexibility index (Phi) is 6.40. The average molecular weight is 441 g/mol. The van der Waals surface area contributed by atoms with Crippen LogP contribution in [0, 0.1) is 0 Å². The molecule has 1 aliphatic carbocycles. The number of rotatable bonds is 6. The predicted octanol–water partition coefficient (Wildman–Crippen LogP) is 5.57. The zero-order valence-corrected chi connectivity index (χ0v) is 18.6. The largest absolute Gasteiger partial charge is 0.487 e. The Balaban J connectivity index is 1.61. The second kappa shape index (κ2) is 9.19. The topological polar surface area (TPSA) is 41.6 Å². The molecule has 1 aliphatic heterocycles. The molecule has 1 unspecified atom stereocenters. The first kappa shape index (κ1) is 20.9. The number of benzene rings is 2. The van der Waals surface area contributed by atoms with Crippen LogP contribution >= 0.6 is 23.8 Å². The van der Waals surface area contributed by atoms with Crippen molar-refractivity contribution in [2.24, 2.45) is 0 Å². The van der Waals surface area contributed by atoms with E-state index >= 15 is 0 Å². The molecule has 6 heteroatoms. The molecule has 2 aromatic carbocycles. The van der Waals surface area contributed by atoms with Crippen LogP contribution in [0.2, 0.25) is 5.02 Å². The van der Waals surface area contributed by atoms with Gasteiger partial charge in [-0.15, -0.1) is 0 Å². The van der Waals surface area contributed by atoms with Gasteiger partial charge in [0.05, 0.1) is 11.1 Å². The average Bonchev–Trinajstić information content (AvgIpc) is 2.75. The van der Waals surface area contributed by atoms with Gasteiger partial charge in [0.1, 0.15) is 12.4 Å². The Labute approximate surface area is 187 Å². The zero-order chi connectivity index (χ0) is 21.1. The molecule has 30 heavy (non-hydrogen) atoms. The van der Waals surface area contributed by atoms with E-state index in [1.54, 1.807) is 0 Å². The second-order valence-electron chi connectivity index (χ2n) is 7.64. The van der Waals surface area contributed by atoms with E-state index in [-0.39, 0.29) is 11.8 Å². The van der Waals surface area contributed by atoms with E-state index in [2.05, 4.69) is 17.1 Å². The summed E-state index contributed by atoms with van der Waals surface area (Å²) in [6.07, 6.45) is 3.30. The van der Waals surface area contributed by atoms with E-state index in [0.29, 0.717) is 28.9 Å². The van der Waals surface area contributed by atoms with Crippen molar-refractivity contribution in [3.63, 3.8) is 0 Å². The van der Waals surface area contributed by atoms with Crippen LogP contribution in [0.3, 0.4) is 0 Å². The van der Waals surface area contributed by atoms with Gasteiger partial charge < -0.3 is 15.0 Å². The maximum absolute atomic E-state index is 12.9. The number of hydrogen-bond acceptors (Lipinski definition) is 3. The zero-order valence-electron chi connectivity index (χ0n) is 17.0. The van der Waals surface area contributed by atoms with Crippen LogP contribution in [0.25, 0.3) is 0 Å². The van der Waals surface area contributed by atoms with Crippen LogP contribution < -0.4 is 10.1 Å². The van der Waals surface area contributed by atoms with Crippen molar-refractivity contribution in [1.29, 1.82) is 0 Å². The summed E-state index contributed by atoms with van der Waals surface area (Å²) >= 11 is 12.2. The maximum atomic E-state index is 12.9. The van der Waals surface area contributed by atoms with Crippen LogP contribution in [0.15, 0.2) is 59.8 Å². The Hall–Kier alpha value is -2.37. The molecule has 0 fully saturated rings. The molecule has 0 amide bonds. The summed E-state index contributed by atoms with van der Waals surface area (Å²) in [5, 5.41) is 4.58. The van der Waals surface area contributed by atoms with Gasteiger partial charge in [-0.25, -0.2) is 0 Å². The first-order valence-electron chi connectivity index (χ1n) is 10.4. The summed E-state index contributed by atoms with van der Waals surface area (Å²) in [5.41, 5.74) is 3.91. The quantitative estimate of drug-likeness (QED) is 0.595. The summed E-state index contributed by atoms with van der Waals surface area (Å²) in [6.45, 7) is 3.39. The number of ketones is 1. The molecule has 0 saturated carbocycles. The Morgan fingerprint density at radius 3 is 2.73 bits per heavy atom. The first-order valence-corrected chi connectivity index (χ1v) is 11.2. The van der Waals surface area contributed by atoms with Crippen LogP contribution in [-0.2, 0) is 11.4 Å². The number of carbonyl (C=O) groups excluding carboxylic acids is 1. The number of Topliss-reactive ketones (excluding diaryl/α,β-unsaturated/α-hetero) is 1. The van der Waals surface area contributed by atoms with Crippen LogP contribution in [-0.4, -0.2) is 22.3 Å². The fourth-order valence-electron chi connectivity index (χ4n) is 4.11. The SMILES string of the molecule is CCCN1C(=S)NC(c2ccc(OCc3ccccc3)c(Cl)c2)C2=C1CCCC2=O. The van der Waals surface area contributed by atoms with E-state index in [4.69, 9.17) is 28.6 Å². The van der Waals surface area contributed by atoms with Gasteiger partial charge >= 0.3 is 0 Å². The number of thiocarbonyl (C=S) groups is 1. The highest BCUT2D eigenvalue weighted by atomic mass is 35.5. The number of nitrogens with one attached hydrogen (secondary N) is 1. The van der Waals surface area contributed by atoms with Gasteiger partial charge in [-0.05, 0) is 54.7 Å². The van der Waals surface area contributed by atoms with Crippen LogP contribution in [0.5, 0.6) is 5.75 Å². The van der Waals surface area contributed by atoms with E-state index in [1.165, 1.54) is 0 Å². The number of nitrogens with zero attached hydrogens (tertiary/aromatic N) is 1. The lowest BCUT2D eigenvalue weighted by Gasteiger charge is -2.41. The summed E-state index contributed by atoms with van der Waals surface area (Å²) in [6, 6.07) is 15.4. The predicted molar refractivity (Wildman–Crippen MR) is 124 cm³/mol. The highest BCUT2D eigenvalue weighted by molar-refractivity contribution is 7.80. The van der Waals surface area contributed by atoms with Crippen molar-refractivity contribution >= 4 is 34.7 Å². The molecule has 2 aromatic rings. The minimum atomic E-state index is -0.269. The molecule has 2 aliphatic rings. The molecule has 1 atom stereocenters. The van der Waals surface area contributed by atoms with Crippen LogP contribution in [0.4, 0.5) is 0 Å². The number of carbonyl (C=O) groups is 1. The Bertz CT molecular complexity index is 990. The van der Waals surface area contributed by atoms with Crippen molar-refractivity contribution in [3.05, 3.63) is 76.0 Å². The Morgan fingerprint density at radius 1 is 1.20 bits per heavy atom. The number of hydrogen-bond donors (Lipinski definition) is 1. The van der Waals surface area contributed by atoms with Gasteiger partial charge in [-0.3, -0.25) is 4.79 Å². The van der Waals surface area contributed by atoms with E-state index in [1.807, 2.05) is 48.5 Å². The lowest BCUT2D eigenvalue weighted by Crippen LogP contribution is -2.49. The van der Waals surface area contributed by atoms with Crippen LogP contribution in [0.1, 0.15) is 49.8 Å². The van der Waals surface area contributed by atoms with Gasteiger partial charge in [0.25, 0.3) is 0 Å². The number of allylic oxidation sites excluding steroid dienone is 1. The van der Waals surface area contributed by atoms with Crippen molar-refractivity contribution in [2.75, 3.05) is 6.54 Å². The molecular weight excluding hydrogens is 416 g/mol. The smallest absolute Gasteiger partial charge is 0.173 e. The molecule has 0 aromatic heterocycles. The lowest BCUT2D eigenvalue weighted by molar-refractivity contribution is -0.116. The third kappa shape index (κ3) is 4.23. The molecular formula is C24H25ClN2O2S. The lowest BCUT2D eigenvalue weighted by atomic mass is 9.84. The fraction of sp³-hybridized carbons (Fsp3) is 0.333. The van der Waals surface area contributed by atoms with Crippen molar-refractivity contribution < 1.29 is 9.53 Å². The normalized spacial score (nSPS) is 18.9. The standard InChI is InChI=1S/C24H25ClN2O2S/c1-2-13-27-19-9-6-10-20(28)22(19)23(26-24(27)30)17-11-12-21(18(25)14-17)29-15-16-7-4-3-5-8-16/h3-5,7-8,11-12,14,23H,2,6,9-10,13,15H2,1H3,(H,26,30). The van der Waals surface area contributed by atoms with Gasteiger partial charge in [0.15, 0.2) is 10.9 Å². The molecule has 4 nitrogen and oxygen atoms in total. The van der Waals surface area contributed by atoms with Crippen molar-refractivity contribution in [1.82, 2.24) is 10.2 Å². The van der Waals surface area contributed by atoms with E-state index < -0.39 is 0 Å². The fourth-order valence-corrected chi connectivity index (χ4v) is 4.67. The number of halogens is 1. The highest BCUT2D eigenvalue weighted by Crippen LogP contribution is 2.39. The molecule has 0 spiro atoms. The number of ether oxygens (including phenoxy) is 1. The van der Waals surface area contributed by atoms with Crippen molar-refractivity contribution in [2.45, 2.75) is 45.3 Å². The summed E-state index contributed by atoms with van der Waals surface area (Å²) in [5.74, 6) is 0.817. The molecule has 1 N–H and O–H groups in total. The molecule has 1 heterocycles. The molecule has 0 bridgehead atoms. The summed E-state index contributed by atoms with van der Waals surface area (Å²) < 4.78 is 5.90. The summed E-state index contributed by atoms with van der Waals surface area (Å²) in [7, 11) is 0. The maximum Gasteiger partial charge on any atom is 0.173 e. The summed E-state index contributed by atoms with van der Waals surface area (Å²) in [4.78, 5) is 14.9. The molecule has 0 saturated heterocycles. The van der Waals surface area contributed by atoms with E-state index in [9.17, 15) is 4.79 Å². The first-order chi connectivity index (χ1) is 14.6. The third-order valence-corrected chi connectivity index (χ3v) is 6.16. The van der Waals surface area contributed by atoms with Gasteiger partial charge in [0.2, 0.25) is 0 Å². The molecule has 156 valence electrons. The minimum absolute atomic E-state index is 0.192. The van der Waals surface area contributed by atoms with Gasteiger partial charge in [-0.1, -0.05) is 54.9 Å². The second-order valence-corrected chi connectivity index (χ2v) is 8.43. The van der Waals surface area contributed by atoms with E-state index in [0.717, 1.165) is 48.2 Å².